The topological polar surface area (TPSA) is 104 Å². The van der Waals surface area contributed by atoms with Crippen LogP contribution in [0.5, 0.6) is 0 Å². The highest BCUT2D eigenvalue weighted by atomic mass is 16.5. The first kappa shape index (κ1) is 20.9. The first-order valence-electron chi connectivity index (χ1n) is 11.7. The Morgan fingerprint density at radius 2 is 1.94 bits per heavy atom. The number of hydrogen-bond donors (Lipinski definition) is 1. The van der Waals surface area contributed by atoms with Crippen molar-refractivity contribution in [1.82, 2.24) is 24.3 Å². The van der Waals surface area contributed by atoms with Crippen molar-refractivity contribution < 1.29 is 9.53 Å². The molecular formula is C25H27N7O2. The van der Waals surface area contributed by atoms with E-state index in [1.165, 1.54) is 5.56 Å². The molecule has 174 valence electrons. The van der Waals surface area contributed by atoms with E-state index < -0.39 is 5.91 Å². The molecule has 0 unspecified atom stereocenters. The van der Waals surface area contributed by atoms with E-state index in [1.54, 1.807) is 11.6 Å². The first-order chi connectivity index (χ1) is 16.5. The van der Waals surface area contributed by atoms with Gasteiger partial charge in [0.1, 0.15) is 5.52 Å². The smallest absolute Gasteiger partial charge is 0.284 e. The number of carbonyl (C=O) groups excluding carboxylic acids is 1. The molecule has 1 saturated carbocycles. The lowest BCUT2D eigenvalue weighted by Gasteiger charge is -2.31. The Balaban J connectivity index is 1.59. The third-order valence-corrected chi connectivity index (χ3v) is 6.65. The zero-order valence-electron chi connectivity index (χ0n) is 19.4. The third kappa shape index (κ3) is 3.43. The van der Waals surface area contributed by atoms with Gasteiger partial charge >= 0.3 is 0 Å². The van der Waals surface area contributed by atoms with Gasteiger partial charge in [0.05, 0.1) is 24.6 Å². The van der Waals surface area contributed by atoms with Gasteiger partial charge in [-0.3, -0.25) is 4.79 Å². The number of fused-ring (bicyclic) bond motifs is 1. The van der Waals surface area contributed by atoms with Crippen LogP contribution in [0.3, 0.4) is 0 Å². The second kappa shape index (κ2) is 7.95. The van der Waals surface area contributed by atoms with Crippen molar-refractivity contribution in [2.24, 2.45) is 12.8 Å². The van der Waals surface area contributed by atoms with Crippen LogP contribution in [-0.2, 0) is 11.8 Å². The van der Waals surface area contributed by atoms with Crippen molar-refractivity contribution in [1.29, 1.82) is 0 Å². The number of aryl methyl sites for hydroxylation is 2. The Kier molecular flexibility index (Phi) is 4.88. The average molecular weight is 458 g/mol. The third-order valence-electron chi connectivity index (χ3n) is 6.65. The van der Waals surface area contributed by atoms with Crippen LogP contribution in [0.25, 0.3) is 28.2 Å². The van der Waals surface area contributed by atoms with E-state index in [0.717, 1.165) is 59.8 Å². The number of imidazole rings is 1. The van der Waals surface area contributed by atoms with E-state index >= 15 is 0 Å². The van der Waals surface area contributed by atoms with E-state index in [2.05, 4.69) is 35.0 Å². The summed E-state index contributed by atoms with van der Waals surface area (Å²) < 4.78 is 9.17. The zero-order chi connectivity index (χ0) is 23.4. The van der Waals surface area contributed by atoms with Crippen LogP contribution in [0, 0.1) is 6.92 Å². The number of primary amides is 1. The van der Waals surface area contributed by atoms with Gasteiger partial charge in [-0.15, -0.1) is 0 Å². The highest BCUT2D eigenvalue weighted by Gasteiger charge is 2.36. The maximum atomic E-state index is 12.1. The Bertz CT molecular complexity index is 1410. The van der Waals surface area contributed by atoms with Crippen LogP contribution in [0.2, 0.25) is 0 Å². The van der Waals surface area contributed by atoms with Crippen molar-refractivity contribution in [3.8, 4) is 17.1 Å². The standard InChI is InChI=1S/C25H27N7O2/c1-15-4-3-5-17(14-15)18-8-9-32(29-18)23-19(16-6-7-16)21(31-10-12-34-13-11-31)20-24(28-23)30(2)25(27-20)22(26)33/h3-5,8-9,14,16H,6-7,10-13H2,1-2H3,(H2,26,33). The number of rotatable bonds is 5. The summed E-state index contributed by atoms with van der Waals surface area (Å²) >= 11 is 0. The Labute approximate surface area is 197 Å². The predicted molar refractivity (Wildman–Crippen MR) is 129 cm³/mol. The van der Waals surface area contributed by atoms with Crippen molar-refractivity contribution >= 4 is 22.8 Å². The first-order valence-corrected chi connectivity index (χ1v) is 11.7. The lowest BCUT2D eigenvalue weighted by atomic mass is 10.1. The van der Waals surface area contributed by atoms with Crippen LogP contribution < -0.4 is 10.6 Å². The maximum absolute atomic E-state index is 12.1. The monoisotopic (exact) mass is 457 g/mol. The molecule has 0 radical (unpaired) electrons. The normalized spacial score (nSPS) is 16.4. The number of nitrogens with two attached hydrogens (primary N) is 1. The van der Waals surface area contributed by atoms with Gasteiger partial charge in [0.15, 0.2) is 11.5 Å². The van der Waals surface area contributed by atoms with Gasteiger partial charge in [-0.1, -0.05) is 23.8 Å². The molecule has 1 amide bonds. The van der Waals surface area contributed by atoms with Gasteiger partial charge in [-0.2, -0.15) is 5.10 Å². The van der Waals surface area contributed by atoms with Gasteiger partial charge in [-0.05, 0) is 37.8 Å². The Morgan fingerprint density at radius 1 is 1.15 bits per heavy atom. The summed E-state index contributed by atoms with van der Waals surface area (Å²) in [7, 11) is 1.79. The molecule has 6 rings (SSSR count). The van der Waals surface area contributed by atoms with E-state index in [4.69, 9.17) is 20.6 Å². The molecule has 2 fully saturated rings. The Hall–Kier alpha value is -3.72. The minimum Gasteiger partial charge on any atom is -0.378 e. The summed E-state index contributed by atoms with van der Waals surface area (Å²) in [5, 5.41) is 4.92. The second-order valence-electron chi connectivity index (χ2n) is 9.12. The fourth-order valence-corrected chi connectivity index (χ4v) is 4.82. The molecule has 3 aromatic heterocycles. The summed E-state index contributed by atoms with van der Waals surface area (Å²) in [5.74, 6) is 0.811. The number of amides is 1. The van der Waals surface area contributed by atoms with Crippen LogP contribution in [0.15, 0.2) is 36.5 Å². The SMILES string of the molecule is Cc1cccc(-c2ccn(-c3nc4c(nc(C(N)=O)n4C)c(N4CCOCC4)c3C3CC3)n2)c1. The molecule has 1 aliphatic carbocycles. The molecule has 34 heavy (non-hydrogen) atoms. The number of ether oxygens (including phenoxy) is 1. The molecule has 0 bridgehead atoms. The van der Waals surface area contributed by atoms with Crippen molar-refractivity contribution in [2.45, 2.75) is 25.7 Å². The molecule has 9 nitrogen and oxygen atoms in total. The Morgan fingerprint density at radius 3 is 2.65 bits per heavy atom. The lowest BCUT2D eigenvalue weighted by molar-refractivity contribution is 0.0988. The predicted octanol–water partition coefficient (Wildman–Crippen LogP) is 2.94. The number of anilines is 1. The number of hydrogen-bond acceptors (Lipinski definition) is 6. The van der Waals surface area contributed by atoms with Crippen molar-refractivity contribution in [2.75, 3.05) is 31.2 Å². The number of nitrogens with zero attached hydrogens (tertiary/aromatic N) is 6. The van der Waals surface area contributed by atoms with Gasteiger partial charge in [-0.25, -0.2) is 14.6 Å². The summed E-state index contributed by atoms with van der Waals surface area (Å²) in [6.07, 6.45) is 4.16. The highest BCUT2D eigenvalue weighted by Crippen LogP contribution is 2.49. The molecule has 2 N–H and O–H groups in total. The number of carbonyl (C=O) groups is 1. The summed E-state index contributed by atoms with van der Waals surface area (Å²) in [6.45, 7) is 4.90. The molecule has 4 heterocycles. The summed E-state index contributed by atoms with van der Waals surface area (Å²) in [4.78, 5) is 24.1. The molecule has 1 saturated heterocycles. The number of morpholine rings is 1. The molecule has 0 atom stereocenters. The fraction of sp³-hybridized carbons (Fsp3) is 0.360. The summed E-state index contributed by atoms with van der Waals surface area (Å²) in [5.41, 5.74) is 12.3. The number of benzene rings is 1. The van der Waals surface area contributed by atoms with Gasteiger partial charge in [0.2, 0.25) is 5.82 Å². The molecular weight excluding hydrogens is 430 g/mol. The van der Waals surface area contributed by atoms with Crippen molar-refractivity contribution in [3.05, 3.63) is 53.5 Å². The van der Waals surface area contributed by atoms with Gasteiger partial charge in [0.25, 0.3) is 5.91 Å². The second-order valence-corrected chi connectivity index (χ2v) is 9.12. The molecule has 0 spiro atoms. The molecule has 4 aromatic rings. The average Bonchev–Trinajstić information content (AvgIpc) is 3.46. The van der Waals surface area contributed by atoms with Crippen LogP contribution in [0.4, 0.5) is 5.69 Å². The van der Waals surface area contributed by atoms with Gasteiger partial charge in [0, 0.05) is 37.5 Å². The van der Waals surface area contributed by atoms with E-state index in [1.807, 2.05) is 23.0 Å². The minimum atomic E-state index is -0.566. The van der Waals surface area contributed by atoms with E-state index in [9.17, 15) is 4.79 Å². The largest absolute Gasteiger partial charge is 0.378 e. The van der Waals surface area contributed by atoms with Gasteiger partial charge < -0.3 is 19.9 Å². The lowest BCUT2D eigenvalue weighted by Crippen LogP contribution is -2.37. The highest BCUT2D eigenvalue weighted by molar-refractivity contribution is 5.98. The molecule has 2 aliphatic rings. The van der Waals surface area contributed by atoms with Crippen LogP contribution in [-0.4, -0.2) is 56.5 Å². The quantitative estimate of drug-likeness (QED) is 0.494. The van der Waals surface area contributed by atoms with E-state index in [0.29, 0.717) is 24.8 Å². The van der Waals surface area contributed by atoms with E-state index in [-0.39, 0.29) is 5.82 Å². The zero-order valence-corrected chi connectivity index (χ0v) is 19.4. The summed E-state index contributed by atoms with van der Waals surface area (Å²) in [6, 6.07) is 10.3. The maximum Gasteiger partial charge on any atom is 0.284 e. The number of aromatic nitrogens is 5. The molecule has 1 aromatic carbocycles. The number of pyridine rings is 1. The van der Waals surface area contributed by atoms with Crippen LogP contribution in [0.1, 0.15) is 40.5 Å². The fourth-order valence-electron chi connectivity index (χ4n) is 4.82. The molecule has 9 heteroatoms. The molecule has 1 aliphatic heterocycles. The minimum absolute atomic E-state index is 0.205. The van der Waals surface area contributed by atoms with Crippen LogP contribution >= 0.6 is 0 Å². The van der Waals surface area contributed by atoms with Crippen molar-refractivity contribution in [3.63, 3.8) is 0 Å².